The highest BCUT2D eigenvalue weighted by Crippen LogP contribution is 1.78. The molecule has 0 aliphatic carbocycles. The minimum Gasteiger partial charge on any atom is -0.381 e. The largest absolute Gasteiger partial charge is 0.381 e. The number of rotatable bonds is 2. The molecule has 0 fully saturated rings. The molecule has 0 amide bonds. The molecule has 0 atom stereocenters. The molecule has 46 valence electrons. The van der Waals surface area contributed by atoms with E-state index in [-0.39, 0.29) is 0 Å². The maximum absolute atomic E-state index is 5.27. The fourth-order valence-corrected chi connectivity index (χ4v) is 0.616. The maximum atomic E-state index is 5.27. The number of hydrogen-bond acceptors (Lipinski definition) is 1. The van der Waals surface area contributed by atoms with E-state index in [0.717, 1.165) is 16.9 Å². The van der Waals surface area contributed by atoms with E-state index in [1.54, 1.807) is 6.08 Å². The Hall–Kier alpha value is -0.353. The van der Waals surface area contributed by atoms with Crippen LogP contribution in [0.4, 0.5) is 0 Å². The molecule has 0 unspecified atom stereocenters. The minimum absolute atomic E-state index is 0.469. The summed E-state index contributed by atoms with van der Waals surface area (Å²) in [6.07, 6.45) is 1.78. The van der Waals surface area contributed by atoms with Gasteiger partial charge in [-0.2, -0.15) is 0 Å². The Morgan fingerprint density at radius 2 is 2.50 bits per heavy atom. The van der Waals surface area contributed by atoms with E-state index in [1.807, 2.05) is 4.57 Å². The zero-order chi connectivity index (χ0) is 6.57. The third-order valence-corrected chi connectivity index (χ3v) is 2.26. The molecule has 0 aliphatic rings. The highest BCUT2D eigenvalue weighted by Gasteiger charge is 1.91. The molecule has 0 saturated heterocycles. The molecule has 0 heterocycles. The average molecular weight is 146 g/mol. The summed E-state index contributed by atoms with van der Waals surface area (Å²) in [4.78, 5) is 0. The van der Waals surface area contributed by atoms with Gasteiger partial charge >= 0.3 is 0 Å². The first-order valence-electron chi connectivity index (χ1n) is 2.30. The number of nitrogens with two attached hydrogens (primary N) is 1. The van der Waals surface area contributed by atoms with Gasteiger partial charge in [-0.05, 0) is 12.2 Å². The van der Waals surface area contributed by atoms with Crippen LogP contribution in [0.25, 0.3) is 0 Å². The molecule has 0 saturated carbocycles. The summed E-state index contributed by atoms with van der Waals surface area (Å²) in [6.45, 7) is 4.33. The lowest BCUT2D eigenvalue weighted by Crippen LogP contribution is -2.32. The van der Waals surface area contributed by atoms with Crippen LogP contribution in [-0.2, 0) is 0 Å². The van der Waals surface area contributed by atoms with E-state index in [2.05, 4.69) is 18.8 Å². The van der Waals surface area contributed by atoms with Crippen molar-refractivity contribution < 1.29 is 0 Å². The van der Waals surface area contributed by atoms with E-state index in [9.17, 15) is 0 Å². The van der Waals surface area contributed by atoms with E-state index in [0.29, 0.717) is 5.11 Å². The van der Waals surface area contributed by atoms with Crippen LogP contribution in [0.1, 0.15) is 0 Å². The van der Waals surface area contributed by atoms with Crippen LogP contribution in [0.3, 0.4) is 0 Å². The lowest BCUT2D eigenvalue weighted by Gasteiger charge is -2.13. The first-order chi connectivity index (χ1) is 3.68. The van der Waals surface area contributed by atoms with Crippen molar-refractivity contribution in [1.29, 1.82) is 0 Å². The second-order valence-corrected chi connectivity index (χ2v) is 3.01. The van der Waals surface area contributed by atoms with Crippen molar-refractivity contribution in [3.63, 3.8) is 0 Å². The molecule has 0 aromatic carbocycles. The Morgan fingerprint density at radius 1 is 2.00 bits per heavy atom. The number of thiocarbonyl (C=S) groups is 1. The standard InChI is InChI=1S/C4H10N2SSi/c1-2-3-6(8)4(5)7/h2H,1,3H2,8H3,(H2,5,7). The predicted molar refractivity (Wildman–Crippen MR) is 43.6 cm³/mol. The second kappa shape index (κ2) is 3.62. The van der Waals surface area contributed by atoms with E-state index >= 15 is 0 Å². The zero-order valence-corrected chi connectivity index (χ0v) is 7.74. The van der Waals surface area contributed by atoms with Gasteiger partial charge in [0.2, 0.25) is 0 Å². The van der Waals surface area contributed by atoms with Gasteiger partial charge in [-0.25, -0.2) is 0 Å². The summed E-state index contributed by atoms with van der Waals surface area (Å²) in [5.74, 6) is 0. The number of hydrogen-bond donors (Lipinski definition) is 1. The molecule has 0 radical (unpaired) electrons. The summed E-state index contributed by atoms with van der Waals surface area (Å²) in [5.41, 5.74) is 5.27. The molecule has 8 heavy (non-hydrogen) atoms. The lowest BCUT2D eigenvalue weighted by atomic mass is 10.6. The summed E-state index contributed by atoms with van der Waals surface area (Å²) in [5, 5.41) is 0.469. The van der Waals surface area contributed by atoms with Gasteiger partial charge in [0.25, 0.3) is 0 Å². The van der Waals surface area contributed by atoms with Crippen LogP contribution in [0.15, 0.2) is 12.7 Å². The van der Waals surface area contributed by atoms with Gasteiger partial charge in [0.1, 0.15) is 10.4 Å². The maximum Gasteiger partial charge on any atom is 0.157 e. The minimum atomic E-state index is 0.469. The van der Waals surface area contributed by atoms with Crippen molar-refractivity contribution in [2.24, 2.45) is 5.73 Å². The van der Waals surface area contributed by atoms with E-state index in [4.69, 9.17) is 5.73 Å². The van der Waals surface area contributed by atoms with Gasteiger partial charge in [-0.3, -0.25) is 0 Å². The van der Waals surface area contributed by atoms with Crippen molar-refractivity contribution in [1.82, 2.24) is 4.57 Å². The Bertz CT molecular complexity index is 104. The van der Waals surface area contributed by atoms with Crippen LogP contribution in [0.2, 0.25) is 0 Å². The predicted octanol–water partition coefficient (Wildman–Crippen LogP) is -1.00. The molecule has 0 rings (SSSR count). The summed E-state index contributed by atoms with van der Waals surface area (Å²) >= 11 is 4.67. The first kappa shape index (κ1) is 7.65. The normalized spacial score (nSPS) is 8.50. The molecule has 0 bridgehead atoms. The average Bonchev–Trinajstić information content (AvgIpc) is 1.67. The third kappa shape index (κ3) is 2.76. The summed E-state index contributed by atoms with van der Waals surface area (Å²) in [6, 6.07) is 0. The molecule has 0 aromatic rings. The van der Waals surface area contributed by atoms with E-state index in [1.165, 1.54) is 0 Å². The van der Waals surface area contributed by atoms with Gasteiger partial charge in [0, 0.05) is 6.54 Å². The SMILES string of the molecule is C=CCN([SiH3])C(N)=S. The van der Waals surface area contributed by atoms with Crippen molar-refractivity contribution in [3.05, 3.63) is 12.7 Å². The highest BCUT2D eigenvalue weighted by molar-refractivity contribution is 7.80. The van der Waals surface area contributed by atoms with Crippen LogP contribution in [0.5, 0.6) is 0 Å². The Morgan fingerprint density at radius 3 is 2.62 bits per heavy atom. The highest BCUT2D eigenvalue weighted by atomic mass is 32.1. The molecular formula is C4H10N2SSi. The smallest absolute Gasteiger partial charge is 0.157 e. The van der Waals surface area contributed by atoms with Gasteiger partial charge in [-0.1, -0.05) is 6.08 Å². The molecule has 2 nitrogen and oxygen atoms in total. The van der Waals surface area contributed by atoms with Gasteiger partial charge in [0.05, 0.1) is 0 Å². The summed E-state index contributed by atoms with van der Waals surface area (Å²) < 4.78 is 1.88. The quantitative estimate of drug-likeness (QED) is 0.308. The van der Waals surface area contributed by atoms with Crippen molar-refractivity contribution >= 4 is 27.7 Å². The lowest BCUT2D eigenvalue weighted by molar-refractivity contribution is 0.742. The van der Waals surface area contributed by atoms with Crippen molar-refractivity contribution in [2.45, 2.75) is 0 Å². The van der Waals surface area contributed by atoms with Gasteiger partial charge < -0.3 is 10.3 Å². The second-order valence-electron chi connectivity index (χ2n) is 1.51. The van der Waals surface area contributed by atoms with E-state index < -0.39 is 0 Å². The monoisotopic (exact) mass is 146 g/mol. The van der Waals surface area contributed by atoms with Crippen LogP contribution in [0, 0.1) is 0 Å². The zero-order valence-electron chi connectivity index (χ0n) is 4.92. The van der Waals surface area contributed by atoms with Crippen LogP contribution < -0.4 is 5.73 Å². The topological polar surface area (TPSA) is 29.3 Å². The first-order valence-corrected chi connectivity index (χ1v) is 3.60. The Balaban J connectivity index is 3.46. The molecule has 0 spiro atoms. The summed E-state index contributed by atoms with van der Waals surface area (Å²) in [7, 11) is 0.879. The van der Waals surface area contributed by atoms with Crippen molar-refractivity contribution in [2.75, 3.05) is 6.54 Å². The van der Waals surface area contributed by atoms with Gasteiger partial charge in [0.15, 0.2) is 5.11 Å². The Labute approximate surface area is 57.9 Å². The number of nitrogens with zero attached hydrogens (tertiary/aromatic N) is 1. The van der Waals surface area contributed by atoms with Crippen LogP contribution in [-0.4, -0.2) is 26.6 Å². The fourth-order valence-electron chi connectivity index (χ4n) is 0.284. The third-order valence-electron chi connectivity index (χ3n) is 0.779. The molecule has 0 aromatic heterocycles. The molecule has 2 N–H and O–H groups in total. The fraction of sp³-hybridized carbons (Fsp3) is 0.250. The van der Waals surface area contributed by atoms with Crippen LogP contribution >= 0.6 is 12.2 Å². The molecule has 4 heteroatoms. The Kier molecular flexibility index (Phi) is 3.46. The van der Waals surface area contributed by atoms with Crippen molar-refractivity contribution in [3.8, 4) is 0 Å². The van der Waals surface area contributed by atoms with Gasteiger partial charge in [-0.15, -0.1) is 6.58 Å². The molecular weight excluding hydrogens is 136 g/mol. The molecule has 0 aliphatic heterocycles.